The Labute approximate surface area is 166 Å². The van der Waals surface area contributed by atoms with Gasteiger partial charge in [-0.05, 0) is 31.4 Å². The fourth-order valence-electron chi connectivity index (χ4n) is 3.25. The van der Waals surface area contributed by atoms with Gasteiger partial charge in [0.05, 0.1) is 4.90 Å². The Kier molecular flexibility index (Phi) is 7.79. The highest BCUT2D eigenvalue weighted by Crippen LogP contribution is 2.30. The van der Waals surface area contributed by atoms with Gasteiger partial charge in [0.25, 0.3) is 0 Å². The van der Waals surface area contributed by atoms with Gasteiger partial charge in [-0.2, -0.15) is 0 Å². The molecule has 0 bridgehead atoms. The highest BCUT2D eigenvalue weighted by Gasteiger charge is 2.22. The van der Waals surface area contributed by atoms with Crippen molar-refractivity contribution in [2.75, 3.05) is 19.0 Å². The number of carbonyl (C=O) groups is 1. The zero-order chi connectivity index (χ0) is 20.7. The summed E-state index contributed by atoms with van der Waals surface area (Å²) < 4.78 is 28.9. The van der Waals surface area contributed by atoms with E-state index < -0.39 is 15.9 Å². The number of hydrogen-bond acceptors (Lipinski definition) is 5. The SMILES string of the molecule is CCC(CCCCC(=O)NO)NS(=O)(=O)c1cccc2c(N(C)C)cccc12. The molecule has 3 N–H and O–H groups in total. The van der Waals surface area contributed by atoms with Gasteiger partial charge < -0.3 is 4.90 Å². The molecule has 1 amide bonds. The van der Waals surface area contributed by atoms with Crippen molar-refractivity contribution in [3.05, 3.63) is 36.4 Å². The average molecular weight is 408 g/mol. The number of unbranched alkanes of at least 4 members (excludes halogenated alkanes) is 1. The summed E-state index contributed by atoms with van der Waals surface area (Å²) in [5, 5.41) is 10.1. The number of sulfonamides is 1. The molecule has 0 spiro atoms. The number of nitrogens with zero attached hydrogens (tertiary/aromatic N) is 1. The van der Waals surface area contributed by atoms with Crippen LogP contribution in [0.1, 0.15) is 39.0 Å². The molecular weight excluding hydrogens is 378 g/mol. The van der Waals surface area contributed by atoms with Gasteiger partial charge in [-0.1, -0.05) is 37.6 Å². The minimum absolute atomic E-state index is 0.213. The molecule has 0 aliphatic carbocycles. The molecule has 0 fully saturated rings. The van der Waals surface area contributed by atoms with E-state index in [0.717, 1.165) is 11.1 Å². The summed E-state index contributed by atoms with van der Waals surface area (Å²) >= 11 is 0. The maximum atomic E-state index is 13.1. The summed E-state index contributed by atoms with van der Waals surface area (Å²) in [6.45, 7) is 1.93. The van der Waals surface area contributed by atoms with Crippen LogP contribution in [0.4, 0.5) is 5.69 Å². The van der Waals surface area contributed by atoms with E-state index in [2.05, 4.69) is 4.72 Å². The van der Waals surface area contributed by atoms with Gasteiger partial charge in [0.2, 0.25) is 15.9 Å². The Balaban J connectivity index is 2.19. The lowest BCUT2D eigenvalue weighted by molar-refractivity contribution is -0.129. The van der Waals surface area contributed by atoms with Crippen molar-refractivity contribution < 1.29 is 18.4 Å². The minimum atomic E-state index is -3.69. The standard InChI is InChI=1S/C20H29N3O4S/c1-4-15(9-5-6-14-20(24)21-25)22-28(26,27)19-13-8-10-16-17(19)11-7-12-18(16)23(2)3/h7-8,10-13,15,22,25H,4-6,9,14H2,1-3H3,(H,21,24). The normalized spacial score (nSPS) is 12.7. The predicted octanol–water partition coefficient (Wildman–Crippen LogP) is 3.03. The number of benzene rings is 2. The maximum absolute atomic E-state index is 13.1. The van der Waals surface area contributed by atoms with Crippen molar-refractivity contribution in [1.82, 2.24) is 10.2 Å². The second kappa shape index (κ2) is 9.86. The first-order valence-corrected chi connectivity index (χ1v) is 10.9. The Hall–Kier alpha value is -2.16. The Morgan fingerprint density at radius 3 is 2.43 bits per heavy atom. The van der Waals surface area contributed by atoms with Crippen LogP contribution in [0.5, 0.6) is 0 Å². The van der Waals surface area contributed by atoms with E-state index in [1.807, 2.05) is 50.2 Å². The Morgan fingerprint density at radius 2 is 1.79 bits per heavy atom. The maximum Gasteiger partial charge on any atom is 0.243 e. The molecule has 0 aromatic heterocycles. The van der Waals surface area contributed by atoms with E-state index in [4.69, 9.17) is 5.21 Å². The van der Waals surface area contributed by atoms with Gasteiger partial charge in [-0.25, -0.2) is 18.6 Å². The van der Waals surface area contributed by atoms with Crippen molar-refractivity contribution >= 4 is 32.4 Å². The molecule has 0 aliphatic heterocycles. The topological polar surface area (TPSA) is 98.7 Å². The number of rotatable bonds is 10. The molecule has 1 unspecified atom stereocenters. The van der Waals surface area contributed by atoms with Crippen LogP contribution in [-0.2, 0) is 14.8 Å². The quantitative estimate of drug-likeness (QED) is 0.319. The van der Waals surface area contributed by atoms with Gasteiger partial charge in [0, 0.05) is 43.0 Å². The van der Waals surface area contributed by atoms with E-state index >= 15 is 0 Å². The molecule has 0 aliphatic rings. The molecule has 7 nitrogen and oxygen atoms in total. The minimum Gasteiger partial charge on any atom is -0.377 e. The molecule has 154 valence electrons. The zero-order valence-electron chi connectivity index (χ0n) is 16.6. The van der Waals surface area contributed by atoms with Crippen LogP contribution in [-0.4, -0.2) is 39.7 Å². The van der Waals surface area contributed by atoms with Gasteiger partial charge in [-0.15, -0.1) is 0 Å². The molecule has 0 radical (unpaired) electrons. The highest BCUT2D eigenvalue weighted by atomic mass is 32.2. The molecule has 1 atom stereocenters. The highest BCUT2D eigenvalue weighted by molar-refractivity contribution is 7.89. The first-order valence-electron chi connectivity index (χ1n) is 9.44. The molecule has 0 saturated heterocycles. The van der Waals surface area contributed by atoms with Gasteiger partial charge in [0.1, 0.15) is 0 Å². The Bertz CT molecular complexity index is 913. The Morgan fingerprint density at radius 1 is 1.11 bits per heavy atom. The zero-order valence-corrected chi connectivity index (χ0v) is 17.4. The van der Waals surface area contributed by atoms with Gasteiger partial charge >= 0.3 is 0 Å². The summed E-state index contributed by atoms with van der Waals surface area (Å²) in [6, 6.07) is 10.7. The van der Waals surface area contributed by atoms with E-state index in [9.17, 15) is 13.2 Å². The molecule has 2 aromatic carbocycles. The van der Waals surface area contributed by atoms with Crippen LogP contribution in [0.15, 0.2) is 41.3 Å². The van der Waals surface area contributed by atoms with Crippen LogP contribution in [0.25, 0.3) is 10.8 Å². The largest absolute Gasteiger partial charge is 0.377 e. The van der Waals surface area contributed by atoms with Crippen LogP contribution in [0.3, 0.4) is 0 Å². The summed E-state index contributed by atoms with van der Waals surface area (Å²) in [5.74, 6) is -0.430. The number of fused-ring (bicyclic) bond motifs is 1. The van der Waals surface area contributed by atoms with E-state index in [1.165, 1.54) is 0 Å². The fraction of sp³-hybridized carbons (Fsp3) is 0.450. The number of nitrogens with one attached hydrogen (secondary N) is 2. The number of amides is 1. The monoisotopic (exact) mass is 407 g/mol. The molecule has 8 heteroatoms. The lowest BCUT2D eigenvalue weighted by Crippen LogP contribution is -2.34. The number of hydrogen-bond donors (Lipinski definition) is 3. The third kappa shape index (κ3) is 5.43. The smallest absolute Gasteiger partial charge is 0.243 e. The van der Waals surface area contributed by atoms with Gasteiger partial charge in [-0.3, -0.25) is 10.0 Å². The van der Waals surface area contributed by atoms with Crippen molar-refractivity contribution in [2.24, 2.45) is 0 Å². The molecule has 2 aromatic rings. The van der Waals surface area contributed by atoms with Crippen LogP contribution < -0.4 is 15.1 Å². The molecular formula is C20H29N3O4S. The van der Waals surface area contributed by atoms with Crippen LogP contribution in [0.2, 0.25) is 0 Å². The lowest BCUT2D eigenvalue weighted by Gasteiger charge is -2.19. The lowest BCUT2D eigenvalue weighted by atomic mass is 10.1. The summed E-state index contributed by atoms with van der Waals surface area (Å²) in [7, 11) is 0.171. The molecule has 0 heterocycles. The fourth-order valence-corrected chi connectivity index (χ4v) is 4.83. The second-order valence-electron chi connectivity index (χ2n) is 7.03. The third-order valence-electron chi connectivity index (χ3n) is 4.78. The van der Waals surface area contributed by atoms with Gasteiger partial charge in [0.15, 0.2) is 0 Å². The first kappa shape index (κ1) is 22.1. The van der Waals surface area contributed by atoms with E-state index in [-0.39, 0.29) is 17.4 Å². The third-order valence-corrected chi connectivity index (χ3v) is 6.35. The van der Waals surface area contributed by atoms with E-state index in [0.29, 0.717) is 31.1 Å². The summed E-state index contributed by atoms with van der Waals surface area (Å²) in [6.07, 6.45) is 2.78. The van der Waals surface area contributed by atoms with Crippen molar-refractivity contribution in [3.63, 3.8) is 0 Å². The predicted molar refractivity (Wildman–Crippen MR) is 111 cm³/mol. The van der Waals surface area contributed by atoms with E-state index in [1.54, 1.807) is 17.6 Å². The number of carbonyl (C=O) groups excluding carboxylic acids is 1. The molecule has 28 heavy (non-hydrogen) atoms. The molecule has 0 saturated carbocycles. The van der Waals surface area contributed by atoms with Crippen molar-refractivity contribution in [3.8, 4) is 0 Å². The number of hydroxylamine groups is 1. The first-order chi connectivity index (χ1) is 13.3. The second-order valence-corrected chi connectivity index (χ2v) is 8.71. The van der Waals surface area contributed by atoms with Crippen LogP contribution >= 0.6 is 0 Å². The molecule has 2 rings (SSSR count). The summed E-state index contributed by atoms with van der Waals surface area (Å²) in [5.41, 5.74) is 2.56. The number of anilines is 1. The van der Waals surface area contributed by atoms with Crippen LogP contribution in [0, 0.1) is 0 Å². The average Bonchev–Trinajstić information content (AvgIpc) is 2.68. The summed E-state index contributed by atoms with van der Waals surface area (Å²) in [4.78, 5) is 13.3. The van der Waals surface area contributed by atoms with Crippen molar-refractivity contribution in [1.29, 1.82) is 0 Å². The van der Waals surface area contributed by atoms with Crippen molar-refractivity contribution in [2.45, 2.75) is 50.0 Å².